The van der Waals surface area contributed by atoms with E-state index in [0.717, 1.165) is 23.5 Å². The second-order valence-corrected chi connectivity index (χ2v) is 9.85. The molecular weight excluding hydrogens is 348 g/mol. The van der Waals surface area contributed by atoms with Crippen LogP contribution in [-0.4, -0.2) is 24.2 Å². The molecule has 0 radical (unpaired) electrons. The second kappa shape index (κ2) is 9.67. The van der Waals surface area contributed by atoms with Gasteiger partial charge in [0.05, 0.1) is 17.8 Å². The first-order valence-electron chi connectivity index (χ1n) is 10.9. The topological polar surface area (TPSA) is 55.6 Å². The first-order valence-corrected chi connectivity index (χ1v) is 10.9. The molecule has 0 aromatic heterocycles. The Bertz CT molecular complexity index is 642. The average molecular weight is 389 g/mol. The molecule has 0 aliphatic heterocycles. The fraction of sp³-hybridized carbons (Fsp3) is 0.708. The number of hydrogen-bond donors (Lipinski definition) is 1. The molecule has 2 N–H and O–H groups in total. The predicted molar refractivity (Wildman–Crippen MR) is 119 cm³/mol. The SMILES string of the molecule is CC(C)CN(c1ccc(C(C)CC(=O)OC(C)(C)C)cc1N)C1CCCCC1. The molecule has 28 heavy (non-hydrogen) atoms. The van der Waals surface area contributed by atoms with Crippen LogP contribution in [0.1, 0.15) is 91.5 Å². The Morgan fingerprint density at radius 3 is 2.36 bits per heavy atom. The maximum atomic E-state index is 12.2. The van der Waals surface area contributed by atoms with Gasteiger partial charge in [0.25, 0.3) is 0 Å². The van der Waals surface area contributed by atoms with Gasteiger partial charge in [-0.2, -0.15) is 0 Å². The number of ether oxygens (including phenoxy) is 1. The standard InChI is InChI=1S/C24H40N2O2/c1-17(2)16-26(20-10-8-7-9-11-20)22-13-12-19(15-21(22)25)18(3)14-23(27)28-24(4,5)6/h12-13,15,17-18,20H,7-11,14,16,25H2,1-6H3. The lowest BCUT2D eigenvalue weighted by atomic mass is 9.92. The van der Waals surface area contributed by atoms with Gasteiger partial charge in [0, 0.05) is 12.6 Å². The predicted octanol–water partition coefficient (Wildman–Crippen LogP) is 5.90. The third-order valence-corrected chi connectivity index (χ3v) is 5.40. The van der Waals surface area contributed by atoms with E-state index in [1.165, 1.54) is 32.1 Å². The number of esters is 1. The Balaban J connectivity index is 2.15. The van der Waals surface area contributed by atoms with Crippen LogP contribution < -0.4 is 10.6 Å². The van der Waals surface area contributed by atoms with E-state index in [2.05, 4.69) is 43.9 Å². The highest BCUT2D eigenvalue weighted by molar-refractivity contribution is 5.72. The lowest BCUT2D eigenvalue weighted by Crippen LogP contribution is -2.39. The zero-order valence-corrected chi connectivity index (χ0v) is 18.8. The van der Waals surface area contributed by atoms with E-state index in [-0.39, 0.29) is 11.9 Å². The lowest BCUT2D eigenvalue weighted by molar-refractivity contribution is -0.155. The van der Waals surface area contributed by atoms with E-state index in [1.807, 2.05) is 20.8 Å². The molecule has 1 aliphatic rings. The maximum absolute atomic E-state index is 12.2. The minimum absolute atomic E-state index is 0.0828. The molecule has 1 fully saturated rings. The summed E-state index contributed by atoms with van der Waals surface area (Å²) in [4.78, 5) is 14.7. The Labute approximate surface area is 171 Å². The molecule has 158 valence electrons. The monoisotopic (exact) mass is 388 g/mol. The number of nitrogens with zero attached hydrogens (tertiary/aromatic N) is 1. The number of anilines is 2. The second-order valence-electron chi connectivity index (χ2n) is 9.85. The number of hydrogen-bond acceptors (Lipinski definition) is 4. The zero-order valence-electron chi connectivity index (χ0n) is 18.8. The first-order chi connectivity index (χ1) is 13.1. The van der Waals surface area contributed by atoms with Gasteiger partial charge in [0.15, 0.2) is 0 Å². The molecule has 0 saturated heterocycles. The van der Waals surface area contributed by atoms with Gasteiger partial charge < -0.3 is 15.4 Å². The van der Waals surface area contributed by atoms with E-state index < -0.39 is 5.60 Å². The molecule has 2 rings (SSSR count). The Morgan fingerprint density at radius 1 is 1.18 bits per heavy atom. The quantitative estimate of drug-likeness (QED) is 0.467. The van der Waals surface area contributed by atoms with Crippen molar-refractivity contribution in [1.29, 1.82) is 0 Å². The molecule has 1 saturated carbocycles. The number of nitrogen functional groups attached to an aromatic ring is 1. The third-order valence-electron chi connectivity index (χ3n) is 5.40. The summed E-state index contributed by atoms with van der Waals surface area (Å²) in [5.41, 5.74) is 9.13. The van der Waals surface area contributed by atoms with E-state index in [0.29, 0.717) is 18.4 Å². The molecular formula is C24H40N2O2. The molecule has 1 unspecified atom stereocenters. The van der Waals surface area contributed by atoms with Crippen molar-refractivity contribution >= 4 is 17.3 Å². The van der Waals surface area contributed by atoms with E-state index >= 15 is 0 Å². The molecule has 1 aliphatic carbocycles. The maximum Gasteiger partial charge on any atom is 0.306 e. The van der Waals surface area contributed by atoms with Crippen LogP contribution in [0.15, 0.2) is 18.2 Å². The van der Waals surface area contributed by atoms with Crippen molar-refractivity contribution in [2.75, 3.05) is 17.2 Å². The average Bonchev–Trinajstić information content (AvgIpc) is 2.58. The van der Waals surface area contributed by atoms with E-state index in [1.54, 1.807) is 0 Å². The fourth-order valence-electron chi connectivity index (χ4n) is 4.12. The molecule has 4 nitrogen and oxygen atoms in total. The van der Waals surface area contributed by atoms with Crippen molar-refractivity contribution in [2.45, 2.75) is 97.6 Å². The van der Waals surface area contributed by atoms with Crippen molar-refractivity contribution < 1.29 is 9.53 Å². The lowest BCUT2D eigenvalue weighted by Gasteiger charge is -2.38. The van der Waals surface area contributed by atoms with E-state index in [9.17, 15) is 4.79 Å². The van der Waals surface area contributed by atoms with Crippen molar-refractivity contribution in [3.05, 3.63) is 23.8 Å². The van der Waals surface area contributed by atoms with Crippen molar-refractivity contribution in [3.8, 4) is 0 Å². The third kappa shape index (κ3) is 6.72. The van der Waals surface area contributed by atoms with Gasteiger partial charge >= 0.3 is 5.97 Å². The molecule has 0 heterocycles. The van der Waals surface area contributed by atoms with Gasteiger partial charge in [-0.25, -0.2) is 0 Å². The van der Waals surface area contributed by atoms with Crippen LogP contribution in [0.2, 0.25) is 0 Å². The smallest absolute Gasteiger partial charge is 0.306 e. The fourth-order valence-corrected chi connectivity index (χ4v) is 4.12. The Morgan fingerprint density at radius 2 is 1.82 bits per heavy atom. The summed E-state index contributed by atoms with van der Waals surface area (Å²) in [7, 11) is 0. The summed E-state index contributed by atoms with van der Waals surface area (Å²) in [6.07, 6.45) is 6.84. The van der Waals surface area contributed by atoms with Crippen LogP contribution in [0.25, 0.3) is 0 Å². The highest BCUT2D eigenvalue weighted by atomic mass is 16.6. The van der Waals surface area contributed by atoms with Crippen LogP contribution in [0, 0.1) is 5.92 Å². The summed E-state index contributed by atoms with van der Waals surface area (Å²) in [5.74, 6) is 0.512. The van der Waals surface area contributed by atoms with Crippen molar-refractivity contribution in [3.63, 3.8) is 0 Å². The van der Waals surface area contributed by atoms with Gasteiger partial charge in [-0.05, 0) is 63.1 Å². The van der Waals surface area contributed by atoms with Gasteiger partial charge in [-0.15, -0.1) is 0 Å². The summed E-state index contributed by atoms with van der Waals surface area (Å²) >= 11 is 0. The minimum Gasteiger partial charge on any atom is -0.460 e. The number of nitrogens with two attached hydrogens (primary N) is 1. The van der Waals surface area contributed by atoms with E-state index in [4.69, 9.17) is 10.5 Å². The highest BCUT2D eigenvalue weighted by Gasteiger charge is 2.24. The Hall–Kier alpha value is -1.71. The normalized spacial score (nSPS) is 16.8. The highest BCUT2D eigenvalue weighted by Crippen LogP contribution is 2.34. The summed E-state index contributed by atoms with van der Waals surface area (Å²) in [6, 6.07) is 6.94. The van der Waals surface area contributed by atoms with Gasteiger partial charge in [-0.3, -0.25) is 4.79 Å². The first kappa shape index (κ1) is 22.6. The number of carbonyl (C=O) groups excluding carboxylic acids is 1. The molecule has 1 atom stereocenters. The summed E-state index contributed by atoms with van der Waals surface area (Å²) < 4.78 is 5.47. The molecule has 0 spiro atoms. The van der Waals surface area contributed by atoms with Crippen LogP contribution >= 0.6 is 0 Å². The van der Waals surface area contributed by atoms with Crippen LogP contribution in [0.5, 0.6) is 0 Å². The van der Waals surface area contributed by atoms with Crippen molar-refractivity contribution in [1.82, 2.24) is 0 Å². The molecule has 1 aromatic rings. The summed E-state index contributed by atoms with van der Waals surface area (Å²) in [5, 5.41) is 0. The number of carbonyl (C=O) groups is 1. The molecule has 4 heteroatoms. The molecule has 0 bridgehead atoms. The van der Waals surface area contributed by atoms with Crippen LogP contribution in [-0.2, 0) is 9.53 Å². The zero-order chi connectivity index (χ0) is 20.9. The number of rotatable bonds is 7. The molecule has 0 amide bonds. The number of benzene rings is 1. The Kier molecular flexibility index (Phi) is 7.79. The van der Waals surface area contributed by atoms with Crippen LogP contribution in [0.4, 0.5) is 11.4 Å². The largest absolute Gasteiger partial charge is 0.460 e. The van der Waals surface area contributed by atoms with Gasteiger partial charge in [-0.1, -0.05) is 46.1 Å². The van der Waals surface area contributed by atoms with Gasteiger partial charge in [0.1, 0.15) is 5.60 Å². The van der Waals surface area contributed by atoms with Crippen LogP contribution in [0.3, 0.4) is 0 Å². The van der Waals surface area contributed by atoms with Crippen molar-refractivity contribution in [2.24, 2.45) is 5.92 Å². The minimum atomic E-state index is -0.447. The summed E-state index contributed by atoms with van der Waals surface area (Å²) in [6.45, 7) is 13.3. The van der Waals surface area contributed by atoms with Gasteiger partial charge in [0.2, 0.25) is 0 Å². The molecule has 1 aromatic carbocycles.